The maximum absolute atomic E-state index is 13.2. The van der Waals surface area contributed by atoms with Crippen LogP contribution in [0.4, 0.5) is 11.4 Å². The molecular weight excluding hydrogens is 312 g/mol. The maximum Gasteiger partial charge on any atom is 0.232 e. The molecule has 2 aromatic rings. The lowest BCUT2D eigenvalue weighted by molar-refractivity contribution is -0.124. The normalized spacial score (nSPS) is 22.4. The van der Waals surface area contributed by atoms with E-state index in [0.717, 1.165) is 23.4 Å². The van der Waals surface area contributed by atoms with Gasteiger partial charge in [0, 0.05) is 30.4 Å². The van der Waals surface area contributed by atoms with Gasteiger partial charge in [-0.05, 0) is 43.5 Å². The highest BCUT2D eigenvalue weighted by Crippen LogP contribution is 2.35. The van der Waals surface area contributed by atoms with E-state index in [9.17, 15) is 9.59 Å². The first kappa shape index (κ1) is 15.9. The lowest BCUT2D eigenvalue weighted by Crippen LogP contribution is -2.41. The number of rotatable bonds is 2. The molecule has 2 heterocycles. The molecule has 0 aromatic heterocycles. The molecule has 25 heavy (non-hydrogen) atoms. The molecule has 0 bridgehead atoms. The minimum atomic E-state index is -0.277. The van der Waals surface area contributed by atoms with Crippen molar-refractivity contribution < 1.29 is 9.59 Å². The number of para-hydroxylation sites is 2. The summed E-state index contributed by atoms with van der Waals surface area (Å²) in [6, 6.07) is 16.1. The first-order chi connectivity index (χ1) is 12.1. The summed E-state index contributed by atoms with van der Waals surface area (Å²) in [5.41, 5.74) is 4.19. The summed E-state index contributed by atoms with van der Waals surface area (Å²) >= 11 is 0. The van der Waals surface area contributed by atoms with E-state index >= 15 is 0 Å². The smallest absolute Gasteiger partial charge is 0.232 e. The molecule has 2 aliphatic rings. The second kappa shape index (κ2) is 6.03. The molecule has 2 amide bonds. The Bertz CT molecular complexity index is 845. The standard InChI is InChI=1S/C21H22N2O2/c1-14-7-3-5-9-18(14)22-13-17(12-20(22)24)21(25)23-15(2)11-16-8-4-6-10-19(16)23/h3-10,15,17H,11-13H2,1-2H3/t15-,17-/m0/s1. The molecule has 2 aliphatic heterocycles. The van der Waals surface area contributed by atoms with Crippen molar-refractivity contribution in [2.24, 2.45) is 5.92 Å². The fraction of sp³-hybridized carbons (Fsp3) is 0.333. The van der Waals surface area contributed by atoms with Gasteiger partial charge in [0.15, 0.2) is 0 Å². The van der Waals surface area contributed by atoms with Crippen LogP contribution in [0.5, 0.6) is 0 Å². The Morgan fingerprint density at radius 1 is 1.00 bits per heavy atom. The van der Waals surface area contributed by atoms with E-state index < -0.39 is 0 Å². The summed E-state index contributed by atoms with van der Waals surface area (Å²) < 4.78 is 0. The second-order valence-electron chi connectivity index (χ2n) is 7.08. The minimum Gasteiger partial charge on any atom is -0.311 e. The van der Waals surface area contributed by atoms with Crippen LogP contribution in [-0.4, -0.2) is 24.4 Å². The fourth-order valence-corrected chi connectivity index (χ4v) is 4.07. The number of carbonyl (C=O) groups excluding carboxylic acids is 2. The van der Waals surface area contributed by atoms with Gasteiger partial charge in [0.1, 0.15) is 0 Å². The zero-order valence-electron chi connectivity index (χ0n) is 14.6. The molecule has 0 spiro atoms. The summed E-state index contributed by atoms with van der Waals surface area (Å²) in [5.74, 6) is -0.171. The van der Waals surface area contributed by atoms with E-state index in [1.165, 1.54) is 5.56 Å². The van der Waals surface area contributed by atoms with Gasteiger partial charge in [-0.2, -0.15) is 0 Å². The summed E-state index contributed by atoms with van der Waals surface area (Å²) in [5, 5.41) is 0. The maximum atomic E-state index is 13.2. The van der Waals surface area contributed by atoms with Gasteiger partial charge in [-0.25, -0.2) is 0 Å². The van der Waals surface area contributed by atoms with Crippen molar-refractivity contribution in [1.29, 1.82) is 0 Å². The van der Waals surface area contributed by atoms with Crippen LogP contribution in [0.3, 0.4) is 0 Å². The molecule has 0 saturated carbocycles. The first-order valence-electron chi connectivity index (χ1n) is 8.83. The van der Waals surface area contributed by atoms with E-state index in [4.69, 9.17) is 0 Å². The first-order valence-corrected chi connectivity index (χ1v) is 8.83. The number of anilines is 2. The van der Waals surface area contributed by atoms with Gasteiger partial charge in [-0.3, -0.25) is 9.59 Å². The summed E-state index contributed by atoms with van der Waals surface area (Å²) in [7, 11) is 0. The minimum absolute atomic E-state index is 0.0350. The van der Waals surface area contributed by atoms with Crippen molar-refractivity contribution in [3.63, 3.8) is 0 Å². The van der Waals surface area contributed by atoms with Crippen molar-refractivity contribution in [3.05, 3.63) is 59.7 Å². The van der Waals surface area contributed by atoms with Gasteiger partial charge < -0.3 is 9.80 Å². The van der Waals surface area contributed by atoms with Gasteiger partial charge >= 0.3 is 0 Å². The van der Waals surface area contributed by atoms with E-state index in [0.29, 0.717) is 13.0 Å². The Kier molecular flexibility index (Phi) is 3.83. The van der Waals surface area contributed by atoms with E-state index in [1.807, 2.05) is 54.3 Å². The molecule has 0 radical (unpaired) electrons. The van der Waals surface area contributed by atoms with E-state index in [2.05, 4.69) is 13.0 Å². The molecule has 0 unspecified atom stereocenters. The van der Waals surface area contributed by atoms with Crippen molar-refractivity contribution in [2.75, 3.05) is 16.3 Å². The number of carbonyl (C=O) groups is 2. The van der Waals surface area contributed by atoms with E-state index in [-0.39, 0.29) is 23.8 Å². The Hall–Kier alpha value is -2.62. The Balaban J connectivity index is 1.59. The van der Waals surface area contributed by atoms with Crippen LogP contribution < -0.4 is 9.80 Å². The quantitative estimate of drug-likeness (QED) is 0.845. The molecule has 128 valence electrons. The van der Waals surface area contributed by atoms with Crippen LogP contribution in [0.15, 0.2) is 48.5 Å². The third-order valence-electron chi connectivity index (χ3n) is 5.33. The third-order valence-corrected chi connectivity index (χ3v) is 5.33. The lowest BCUT2D eigenvalue weighted by atomic mass is 10.1. The lowest BCUT2D eigenvalue weighted by Gasteiger charge is -2.26. The van der Waals surface area contributed by atoms with Crippen LogP contribution in [0.1, 0.15) is 24.5 Å². The average Bonchev–Trinajstić information content (AvgIpc) is 3.14. The van der Waals surface area contributed by atoms with Crippen LogP contribution in [-0.2, 0) is 16.0 Å². The molecule has 2 aromatic carbocycles. The molecule has 2 atom stereocenters. The number of hydrogen-bond acceptors (Lipinski definition) is 2. The second-order valence-corrected chi connectivity index (χ2v) is 7.08. The fourth-order valence-electron chi connectivity index (χ4n) is 4.07. The van der Waals surface area contributed by atoms with Crippen LogP contribution in [0.2, 0.25) is 0 Å². The highest BCUT2D eigenvalue weighted by atomic mass is 16.2. The Labute approximate surface area is 148 Å². The summed E-state index contributed by atoms with van der Waals surface area (Å²) in [6.45, 7) is 4.54. The number of hydrogen-bond donors (Lipinski definition) is 0. The monoisotopic (exact) mass is 334 g/mol. The van der Waals surface area contributed by atoms with E-state index in [1.54, 1.807) is 4.90 Å². The number of benzene rings is 2. The van der Waals surface area contributed by atoms with Crippen molar-refractivity contribution >= 4 is 23.2 Å². The van der Waals surface area contributed by atoms with Crippen LogP contribution in [0.25, 0.3) is 0 Å². The molecule has 0 aliphatic carbocycles. The SMILES string of the molecule is Cc1ccccc1N1C[C@@H](C(=O)N2c3ccccc3C[C@@H]2C)CC1=O. The molecule has 0 N–H and O–H groups in total. The number of nitrogens with zero attached hydrogens (tertiary/aromatic N) is 2. The third kappa shape index (κ3) is 2.62. The number of amides is 2. The number of aryl methyl sites for hydroxylation is 1. The Morgan fingerprint density at radius 2 is 1.68 bits per heavy atom. The molecule has 1 fully saturated rings. The zero-order chi connectivity index (χ0) is 17.6. The van der Waals surface area contributed by atoms with Crippen LogP contribution >= 0.6 is 0 Å². The van der Waals surface area contributed by atoms with Crippen molar-refractivity contribution in [1.82, 2.24) is 0 Å². The van der Waals surface area contributed by atoms with Gasteiger partial charge in [0.25, 0.3) is 0 Å². The zero-order valence-corrected chi connectivity index (χ0v) is 14.6. The largest absolute Gasteiger partial charge is 0.311 e. The van der Waals surface area contributed by atoms with Gasteiger partial charge in [-0.15, -0.1) is 0 Å². The summed E-state index contributed by atoms with van der Waals surface area (Å²) in [6.07, 6.45) is 1.17. The Morgan fingerprint density at radius 3 is 2.44 bits per heavy atom. The molecular formula is C21H22N2O2. The van der Waals surface area contributed by atoms with Gasteiger partial charge in [0.05, 0.1) is 5.92 Å². The van der Waals surface area contributed by atoms with Crippen molar-refractivity contribution in [3.8, 4) is 0 Å². The predicted octanol–water partition coefficient (Wildman–Crippen LogP) is 3.33. The summed E-state index contributed by atoms with van der Waals surface area (Å²) in [4.78, 5) is 29.4. The predicted molar refractivity (Wildman–Crippen MR) is 98.7 cm³/mol. The molecule has 1 saturated heterocycles. The van der Waals surface area contributed by atoms with Crippen molar-refractivity contribution in [2.45, 2.75) is 32.7 Å². The average molecular weight is 334 g/mol. The molecule has 4 rings (SSSR count). The molecule has 4 nitrogen and oxygen atoms in total. The topological polar surface area (TPSA) is 40.6 Å². The van der Waals surface area contributed by atoms with Gasteiger partial charge in [0.2, 0.25) is 11.8 Å². The highest BCUT2D eigenvalue weighted by Gasteiger charge is 2.41. The van der Waals surface area contributed by atoms with Gasteiger partial charge in [-0.1, -0.05) is 36.4 Å². The number of fused-ring (bicyclic) bond motifs is 1. The van der Waals surface area contributed by atoms with Crippen LogP contribution in [0, 0.1) is 12.8 Å². The highest BCUT2D eigenvalue weighted by molar-refractivity contribution is 6.05. The molecule has 4 heteroatoms.